The number of rotatable bonds is 2. The van der Waals surface area contributed by atoms with Gasteiger partial charge in [-0.2, -0.15) is 0 Å². The Bertz CT molecular complexity index is 909. The number of nitrogens with zero attached hydrogens (tertiary/aromatic N) is 2. The molecule has 0 bridgehead atoms. The molecule has 0 amide bonds. The van der Waals surface area contributed by atoms with Gasteiger partial charge in [-0.25, -0.2) is 0 Å². The number of aromatic nitrogens is 1. The molecule has 0 saturated heterocycles. The van der Waals surface area contributed by atoms with Crippen LogP contribution in [0.4, 0.5) is 0 Å². The lowest BCUT2D eigenvalue weighted by Crippen LogP contribution is -2.34. The Balaban J connectivity index is 1.69. The summed E-state index contributed by atoms with van der Waals surface area (Å²) in [5.74, 6) is 0.864. The van der Waals surface area contributed by atoms with Crippen LogP contribution in [0.25, 0.3) is 10.9 Å². The van der Waals surface area contributed by atoms with Gasteiger partial charge < -0.3 is 4.74 Å². The SMILES string of the molecule is Cc1cccc(C(C)N2COc3c(cc(Cl)c4cccnc34)C2)c1. The van der Waals surface area contributed by atoms with E-state index in [4.69, 9.17) is 16.3 Å². The van der Waals surface area contributed by atoms with Crippen molar-refractivity contribution in [1.82, 2.24) is 9.88 Å². The smallest absolute Gasteiger partial charge is 0.152 e. The minimum Gasteiger partial charge on any atom is -0.475 e. The van der Waals surface area contributed by atoms with Crippen LogP contribution in [0.15, 0.2) is 48.7 Å². The van der Waals surface area contributed by atoms with Gasteiger partial charge >= 0.3 is 0 Å². The second-order valence-corrected chi connectivity index (χ2v) is 6.76. The highest BCUT2D eigenvalue weighted by atomic mass is 35.5. The van der Waals surface area contributed by atoms with Gasteiger partial charge in [-0.3, -0.25) is 9.88 Å². The molecule has 2 heterocycles. The first-order chi connectivity index (χ1) is 11.6. The number of pyridine rings is 1. The Hall–Kier alpha value is -2.10. The van der Waals surface area contributed by atoms with Gasteiger partial charge in [-0.05, 0) is 37.6 Å². The third kappa shape index (κ3) is 2.64. The summed E-state index contributed by atoms with van der Waals surface area (Å²) >= 11 is 6.44. The zero-order valence-corrected chi connectivity index (χ0v) is 14.5. The molecule has 0 saturated carbocycles. The van der Waals surface area contributed by atoms with Crippen molar-refractivity contribution in [3.63, 3.8) is 0 Å². The van der Waals surface area contributed by atoms with Crippen molar-refractivity contribution in [3.05, 3.63) is 70.4 Å². The van der Waals surface area contributed by atoms with Crippen LogP contribution in [-0.2, 0) is 6.54 Å². The van der Waals surface area contributed by atoms with E-state index in [-0.39, 0.29) is 6.04 Å². The topological polar surface area (TPSA) is 25.4 Å². The van der Waals surface area contributed by atoms with E-state index in [0.29, 0.717) is 6.73 Å². The number of aryl methyl sites for hydroxylation is 1. The van der Waals surface area contributed by atoms with Crippen LogP contribution < -0.4 is 4.74 Å². The van der Waals surface area contributed by atoms with Gasteiger partial charge in [0.2, 0.25) is 0 Å². The van der Waals surface area contributed by atoms with Gasteiger partial charge in [0, 0.05) is 29.7 Å². The van der Waals surface area contributed by atoms with Crippen molar-refractivity contribution in [3.8, 4) is 5.75 Å². The van der Waals surface area contributed by atoms with Crippen molar-refractivity contribution in [2.24, 2.45) is 0 Å². The van der Waals surface area contributed by atoms with Crippen LogP contribution in [-0.4, -0.2) is 16.6 Å². The van der Waals surface area contributed by atoms with Gasteiger partial charge in [-0.15, -0.1) is 0 Å². The average molecular weight is 339 g/mol. The normalized spacial score (nSPS) is 15.8. The van der Waals surface area contributed by atoms with Gasteiger partial charge in [0.1, 0.15) is 12.2 Å². The molecule has 1 atom stereocenters. The largest absolute Gasteiger partial charge is 0.475 e. The Morgan fingerprint density at radius 3 is 2.92 bits per heavy atom. The van der Waals surface area contributed by atoms with Gasteiger partial charge in [0.25, 0.3) is 0 Å². The zero-order valence-electron chi connectivity index (χ0n) is 13.8. The number of hydrogen-bond donors (Lipinski definition) is 0. The van der Waals surface area contributed by atoms with E-state index in [9.17, 15) is 0 Å². The summed E-state index contributed by atoms with van der Waals surface area (Å²) in [6, 6.07) is 14.8. The molecule has 0 fully saturated rings. The summed E-state index contributed by atoms with van der Waals surface area (Å²) < 4.78 is 6.08. The molecule has 4 heteroatoms. The molecule has 122 valence electrons. The molecule has 1 aliphatic rings. The Morgan fingerprint density at radius 1 is 1.21 bits per heavy atom. The molecule has 0 N–H and O–H groups in total. The molecule has 0 aliphatic carbocycles. The molecule has 0 radical (unpaired) electrons. The van der Waals surface area contributed by atoms with Crippen LogP contribution in [0.3, 0.4) is 0 Å². The highest BCUT2D eigenvalue weighted by Gasteiger charge is 2.25. The van der Waals surface area contributed by atoms with E-state index in [1.807, 2.05) is 18.2 Å². The molecule has 1 unspecified atom stereocenters. The van der Waals surface area contributed by atoms with Gasteiger partial charge in [-0.1, -0.05) is 41.4 Å². The summed E-state index contributed by atoms with van der Waals surface area (Å²) in [6.07, 6.45) is 1.78. The minimum atomic E-state index is 0.274. The Labute approximate surface area is 146 Å². The second-order valence-electron chi connectivity index (χ2n) is 6.36. The predicted octanol–water partition coefficient (Wildman–Crippen LogP) is 5.11. The van der Waals surface area contributed by atoms with Crippen molar-refractivity contribution >= 4 is 22.5 Å². The fourth-order valence-electron chi connectivity index (χ4n) is 3.31. The molecule has 4 rings (SSSR count). The first kappa shape index (κ1) is 15.4. The minimum absolute atomic E-state index is 0.274. The molecule has 1 aromatic heterocycles. The molecule has 24 heavy (non-hydrogen) atoms. The van der Waals surface area contributed by atoms with Crippen LogP contribution in [0.5, 0.6) is 5.75 Å². The molecule has 0 spiro atoms. The first-order valence-electron chi connectivity index (χ1n) is 8.13. The maximum atomic E-state index is 6.44. The number of hydrogen-bond acceptors (Lipinski definition) is 3. The maximum absolute atomic E-state index is 6.44. The summed E-state index contributed by atoms with van der Waals surface area (Å²) in [6.45, 7) is 5.69. The number of ether oxygens (including phenoxy) is 1. The fourth-order valence-corrected chi connectivity index (χ4v) is 3.59. The van der Waals surface area contributed by atoms with Crippen molar-refractivity contribution < 1.29 is 4.74 Å². The van der Waals surface area contributed by atoms with Crippen LogP contribution in [0, 0.1) is 6.92 Å². The van der Waals surface area contributed by atoms with Crippen LogP contribution in [0.2, 0.25) is 5.02 Å². The molecule has 2 aromatic carbocycles. The van der Waals surface area contributed by atoms with Crippen LogP contribution >= 0.6 is 11.6 Å². The fraction of sp³-hybridized carbons (Fsp3) is 0.250. The van der Waals surface area contributed by atoms with Crippen LogP contribution in [0.1, 0.15) is 29.7 Å². The lowest BCUT2D eigenvalue weighted by Gasteiger charge is -2.34. The number of benzene rings is 2. The standard InChI is InChI=1S/C20H19ClN2O/c1-13-5-3-6-15(9-13)14(2)23-11-16-10-18(21)17-7-4-8-22-19(17)20(16)24-12-23/h3-10,14H,11-12H2,1-2H3. The molecular weight excluding hydrogens is 320 g/mol. The molecule has 1 aliphatic heterocycles. The summed E-state index contributed by atoms with van der Waals surface area (Å²) in [5, 5.41) is 1.67. The molecule has 3 aromatic rings. The van der Waals surface area contributed by atoms with E-state index < -0.39 is 0 Å². The van der Waals surface area contributed by atoms with E-state index in [2.05, 4.69) is 48.0 Å². The lowest BCUT2D eigenvalue weighted by atomic mass is 10.0. The van der Waals surface area contributed by atoms with E-state index >= 15 is 0 Å². The third-order valence-electron chi connectivity index (χ3n) is 4.69. The average Bonchev–Trinajstić information content (AvgIpc) is 2.61. The Kier molecular flexibility index (Phi) is 3.91. The highest BCUT2D eigenvalue weighted by Crippen LogP contribution is 2.38. The lowest BCUT2D eigenvalue weighted by molar-refractivity contribution is 0.0630. The summed E-state index contributed by atoms with van der Waals surface area (Å²) in [7, 11) is 0. The zero-order chi connectivity index (χ0) is 16.7. The predicted molar refractivity (Wildman–Crippen MR) is 97.4 cm³/mol. The van der Waals surface area contributed by atoms with Crippen molar-refractivity contribution in [2.45, 2.75) is 26.4 Å². The summed E-state index contributed by atoms with van der Waals surface area (Å²) in [4.78, 5) is 6.77. The third-order valence-corrected chi connectivity index (χ3v) is 5.01. The van der Waals surface area contributed by atoms with Gasteiger partial charge in [0.05, 0.1) is 5.02 Å². The van der Waals surface area contributed by atoms with E-state index in [1.165, 1.54) is 11.1 Å². The molecular formula is C20H19ClN2O. The maximum Gasteiger partial charge on any atom is 0.152 e. The molecule has 3 nitrogen and oxygen atoms in total. The van der Waals surface area contributed by atoms with E-state index in [1.54, 1.807) is 6.20 Å². The van der Waals surface area contributed by atoms with Gasteiger partial charge in [0.15, 0.2) is 5.75 Å². The van der Waals surface area contributed by atoms with Crippen molar-refractivity contribution in [2.75, 3.05) is 6.73 Å². The monoisotopic (exact) mass is 338 g/mol. The summed E-state index contributed by atoms with van der Waals surface area (Å²) in [5.41, 5.74) is 4.52. The van der Waals surface area contributed by atoms with Crippen molar-refractivity contribution in [1.29, 1.82) is 0 Å². The highest BCUT2D eigenvalue weighted by molar-refractivity contribution is 6.35. The Morgan fingerprint density at radius 2 is 2.08 bits per heavy atom. The second kappa shape index (κ2) is 6.08. The van der Waals surface area contributed by atoms with E-state index in [0.717, 1.165) is 33.8 Å². The quantitative estimate of drug-likeness (QED) is 0.649. The first-order valence-corrected chi connectivity index (χ1v) is 8.51. The number of halogens is 1. The number of fused-ring (bicyclic) bond motifs is 3.